The number of hydrogen-bond donors (Lipinski definition) is 0. The fourth-order valence-corrected chi connectivity index (χ4v) is 1.92. The topological polar surface area (TPSA) is 9.23 Å². The van der Waals surface area contributed by atoms with Crippen LogP contribution in [0.25, 0.3) is 11.1 Å². The number of ether oxygens (including phenoxy) is 1. The van der Waals surface area contributed by atoms with Crippen molar-refractivity contribution in [3.8, 4) is 16.9 Å². The van der Waals surface area contributed by atoms with Crippen molar-refractivity contribution in [1.29, 1.82) is 0 Å². The molecule has 2 aromatic rings. The molecule has 0 aliphatic rings. The molecule has 0 atom stereocenters. The summed E-state index contributed by atoms with van der Waals surface area (Å²) in [6.45, 7) is 0. The van der Waals surface area contributed by atoms with Crippen LogP contribution in [0.3, 0.4) is 0 Å². The molecule has 0 saturated heterocycles. The van der Waals surface area contributed by atoms with Gasteiger partial charge in [-0.05, 0) is 35.9 Å². The van der Waals surface area contributed by atoms with Crippen molar-refractivity contribution in [2.75, 3.05) is 7.11 Å². The summed E-state index contributed by atoms with van der Waals surface area (Å²) < 4.78 is 5.29. The van der Waals surface area contributed by atoms with Crippen molar-refractivity contribution < 1.29 is 4.74 Å². The molecule has 16 heavy (non-hydrogen) atoms. The van der Waals surface area contributed by atoms with Crippen LogP contribution < -0.4 is 4.74 Å². The first-order chi connectivity index (χ1) is 7.70. The van der Waals surface area contributed by atoms with Crippen molar-refractivity contribution in [2.24, 2.45) is 0 Å². The SMILES string of the molecule is COc1ccc(Cl)cc1-c1cccc(Cl)c1. The lowest BCUT2D eigenvalue weighted by Gasteiger charge is -2.09. The van der Waals surface area contributed by atoms with Crippen LogP contribution in [0, 0.1) is 0 Å². The monoisotopic (exact) mass is 252 g/mol. The Kier molecular flexibility index (Phi) is 3.37. The molecule has 0 fully saturated rings. The molecule has 3 heteroatoms. The van der Waals surface area contributed by atoms with Gasteiger partial charge >= 0.3 is 0 Å². The number of methoxy groups -OCH3 is 1. The van der Waals surface area contributed by atoms with Crippen molar-refractivity contribution >= 4 is 23.2 Å². The normalized spacial score (nSPS) is 10.2. The van der Waals surface area contributed by atoms with Gasteiger partial charge in [0.2, 0.25) is 0 Å². The molecule has 0 heterocycles. The van der Waals surface area contributed by atoms with E-state index in [9.17, 15) is 0 Å². The highest BCUT2D eigenvalue weighted by molar-refractivity contribution is 6.31. The average molecular weight is 253 g/mol. The van der Waals surface area contributed by atoms with Crippen LogP contribution in [0.15, 0.2) is 42.5 Å². The molecule has 0 spiro atoms. The van der Waals surface area contributed by atoms with Crippen LogP contribution in [-0.2, 0) is 0 Å². The van der Waals surface area contributed by atoms with E-state index in [1.165, 1.54) is 0 Å². The smallest absolute Gasteiger partial charge is 0.126 e. The van der Waals surface area contributed by atoms with E-state index in [4.69, 9.17) is 27.9 Å². The molecule has 0 aliphatic heterocycles. The Morgan fingerprint density at radius 3 is 2.38 bits per heavy atom. The highest BCUT2D eigenvalue weighted by Crippen LogP contribution is 2.33. The minimum atomic E-state index is 0.677. The summed E-state index contributed by atoms with van der Waals surface area (Å²) in [5, 5.41) is 1.37. The number of hydrogen-bond acceptors (Lipinski definition) is 1. The van der Waals surface area contributed by atoms with E-state index in [1.54, 1.807) is 13.2 Å². The molecule has 1 nitrogen and oxygen atoms in total. The molecule has 0 aliphatic carbocycles. The van der Waals surface area contributed by atoms with Gasteiger partial charge < -0.3 is 4.74 Å². The molecule has 0 unspecified atom stereocenters. The molecular formula is C13H10Cl2O. The van der Waals surface area contributed by atoms with Crippen LogP contribution in [0.4, 0.5) is 0 Å². The second-order valence-electron chi connectivity index (χ2n) is 3.35. The molecule has 0 radical (unpaired) electrons. The van der Waals surface area contributed by atoms with Gasteiger partial charge in [-0.2, -0.15) is 0 Å². The molecular weight excluding hydrogens is 243 g/mol. The fourth-order valence-electron chi connectivity index (χ4n) is 1.56. The molecule has 0 N–H and O–H groups in total. The maximum Gasteiger partial charge on any atom is 0.126 e. The predicted octanol–water partition coefficient (Wildman–Crippen LogP) is 4.67. The lowest BCUT2D eigenvalue weighted by Crippen LogP contribution is -1.87. The molecule has 2 aromatic carbocycles. The molecule has 0 aromatic heterocycles. The Morgan fingerprint density at radius 2 is 1.69 bits per heavy atom. The van der Waals surface area contributed by atoms with Crippen LogP contribution >= 0.6 is 23.2 Å². The lowest BCUT2D eigenvalue weighted by atomic mass is 10.0. The average Bonchev–Trinajstić information content (AvgIpc) is 2.29. The van der Waals surface area contributed by atoms with E-state index >= 15 is 0 Å². The van der Waals surface area contributed by atoms with Gasteiger partial charge in [0.25, 0.3) is 0 Å². The Labute approximate surface area is 105 Å². The summed E-state index contributed by atoms with van der Waals surface area (Å²) in [6, 6.07) is 13.1. The van der Waals surface area contributed by atoms with E-state index in [-0.39, 0.29) is 0 Å². The predicted molar refractivity (Wildman–Crippen MR) is 68.5 cm³/mol. The van der Waals surface area contributed by atoms with Gasteiger partial charge in [-0.15, -0.1) is 0 Å². The molecule has 0 amide bonds. The summed E-state index contributed by atoms with van der Waals surface area (Å²) in [5.74, 6) is 0.784. The Hall–Kier alpha value is -1.18. The molecule has 0 saturated carbocycles. The third-order valence-corrected chi connectivity index (χ3v) is 2.77. The van der Waals surface area contributed by atoms with E-state index in [0.717, 1.165) is 16.9 Å². The van der Waals surface area contributed by atoms with Crippen LogP contribution in [0.5, 0.6) is 5.75 Å². The summed E-state index contributed by atoms with van der Waals surface area (Å²) in [6.07, 6.45) is 0. The van der Waals surface area contributed by atoms with Gasteiger partial charge in [0.15, 0.2) is 0 Å². The summed E-state index contributed by atoms with van der Waals surface area (Å²) in [7, 11) is 1.64. The zero-order valence-corrected chi connectivity index (χ0v) is 10.2. The first kappa shape index (κ1) is 11.3. The summed E-state index contributed by atoms with van der Waals surface area (Å²) >= 11 is 11.9. The van der Waals surface area contributed by atoms with E-state index < -0.39 is 0 Å². The van der Waals surface area contributed by atoms with Gasteiger partial charge in [-0.1, -0.05) is 35.3 Å². The van der Waals surface area contributed by atoms with Gasteiger partial charge in [0.1, 0.15) is 5.75 Å². The molecule has 2 rings (SSSR count). The minimum Gasteiger partial charge on any atom is -0.496 e. The van der Waals surface area contributed by atoms with E-state index in [0.29, 0.717) is 10.0 Å². The third-order valence-electron chi connectivity index (χ3n) is 2.30. The quantitative estimate of drug-likeness (QED) is 0.755. The highest BCUT2D eigenvalue weighted by Gasteiger charge is 2.06. The Morgan fingerprint density at radius 1 is 0.938 bits per heavy atom. The van der Waals surface area contributed by atoms with Gasteiger partial charge in [-0.25, -0.2) is 0 Å². The van der Waals surface area contributed by atoms with Gasteiger partial charge in [-0.3, -0.25) is 0 Å². The van der Waals surface area contributed by atoms with Crippen molar-refractivity contribution in [1.82, 2.24) is 0 Å². The molecule has 82 valence electrons. The number of halogens is 2. The van der Waals surface area contributed by atoms with Crippen molar-refractivity contribution in [3.05, 3.63) is 52.5 Å². The zero-order valence-electron chi connectivity index (χ0n) is 8.71. The van der Waals surface area contributed by atoms with E-state index in [2.05, 4.69) is 0 Å². The largest absolute Gasteiger partial charge is 0.496 e. The van der Waals surface area contributed by atoms with E-state index in [1.807, 2.05) is 36.4 Å². The van der Waals surface area contributed by atoms with Crippen LogP contribution in [0.1, 0.15) is 0 Å². The second kappa shape index (κ2) is 4.77. The van der Waals surface area contributed by atoms with Crippen molar-refractivity contribution in [3.63, 3.8) is 0 Å². The Bertz CT molecular complexity index is 509. The highest BCUT2D eigenvalue weighted by atomic mass is 35.5. The minimum absolute atomic E-state index is 0.677. The lowest BCUT2D eigenvalue weighted by molar-refractivity contribution is 0.416. The summed E-state index contributed by atoms with van der Waals surface area (Å²) in [4.78, 5) is 0. The van der Waals surface area contributed by atoms with Gasteiger partial charge in [0.05, 0.1) is 7.11 Å². The molecule has 0 bridgehead atoms. The maximum absolute atomic E-state index is 5.97. The Balaban J connectivity index is 2.58. The fraction of sp³-hybridized carbons (Fsp3) is 0.0769. The maximum atomic E-state index is 5.97. The first-order valence-corrected chi connectivity index (χ1v) is 5.56. The second-order valence-corrected chi connectivity index (χ2v) is 4.23. The number of rotatable bonds is 2. The third kappa shape index (κ3) is 2.31. The van der Waals surface area contributed by atoms with Gasteiger partial charge in [0, 0.05) is 15.6 Å². The zero-order chi connectivity index (χ0) is 11.5. The van der Waals surface area contributed by atoms with Crippen LogP contribution in [-0.4, -0.2) is 7.11 Å². The first-order valence-electron chi connectivity index (χ1n) is 4.80. The number of benzene rings is 2. The standard InChI is InChI=1S/C13H10Cl2O/c1-16-13-6-5-11(15)8-12(13)9-3-2-4-10(14)7-9/h2-8H,1H3. The van der Waals surface area contributed by atoms with Crippen molar-refractivity contribution in [2.45, 2.75) is 0 Å². The summed E-state index contributed by atoms with van der Waals surface area (Å²) in [5.41, 5.74) is 1.93. The van der Waals surface area contributed by atoms with Crippen LogP contribution in [0.2, 0.25) is 10.0 Å².